The molecule has 2 aromatic heterocycles. The topological polar surface area (TPSA) is 88.1 Å². The Morgan fingerprint density at radius 3 is 2.67 bits per heavy atom. The summed E-state index contributed by atoms with van der Waals surface area (Å²) in [5.74, 6) is 0.537. The lowest BCUT2D eigenvalue weighted by Crippen LogP contribution is -1.98. The second-order valence-electron chi connectivity index (χ2n) is 5.24. The van der Waals surface area contributed by atoms with Gasteiger partial charge in [-0.3, -0.25) is 4.98 Å². The van der Waals surface area contributed by atoms with Gasteiger partial charge in [0.25, 0.3) is 0 Å². The predicted molar refractivity (Wildman–Crippen MR) is 90.1 cm³/mol. The minimum Gasteiger partial charge on any atom is -0.494 e. The van der Waals surface area contributed by atoms with Gasteiger partial charge in [-0.2, -0.15) is 0 Å². The summed E-state index contributed by atoms with van der Waals surface area (Å²) in [7, 11) is 0. The normalized spacial score (nSPS) is 10.6. The highest BCUT2D eigenvalue weighted by Crippen LogP contribution is 2.30. The molecule has 0 fully saturated rings. The Bertz CT molecular complexity index is 869. The molecular formula is C18H17N3O3. The summed E-state index contributed by atoms with van der Waals surface area (Å²) >= 11 is 0. The monoisotopic (exact) mass is 323 g/mol. The average molecular weight is 323 g/mol. The minimum absolute atomic E-state index is 0.179. The molecule has 0 saturated heterocycles. The van der Waals surface area contributed by atoms with E-state index in [9.17, 15) is 4.79 Å². The molecule has 0 radical (unpaired) electrons. The van der Waals surface area contributed by atoms with Crippen LogP contribution in [-0.4, -0.2) is 32.6 Å². The fraction of sp³-hybridized carbons (Fsp3) is 0.167. The van der Waals surface area contributed by atoms with E-state index in [4.69, 9.17) is 9.84 Å². The van der Waals surface area contributed by atoms with E-state index in [0.29, 0.717) is 18.0 Å². The number of H-pyrrole nitrogens is 1. The number of carbonyl (C=O) groups is 1. The molecule has 1 aromatic carbocycles. The number of hydrogen-bond donors (Lipinski definition) is 2. The molecule has 0 aliphatic heterocycles. The molecule has 2 heterocycles. The second-order valence-corrected chi connectivity index (χ2v) is 5.24. The van der Waals surface area contributed by atoms with Crippen LogP contribution in [0.1, 0.15) is 23.1 Å². The molecule has 3 aromatic rings. The molecule has 2 N–H and O–H groups in total. The van der Waals surface area contributed by atoms with Crippen molar-refractivity contribution in [1.82, 2.24) is 15.0 Å². The molecule has 0 aliphatic rings. The molecule has 24 heavy (non-hydrogen) atoms. The van der Waals surface area contributed by atoms with Crippen molar-refractivity contribution in [2.45, 2.75) is 13.8 Å². The summed E-state index contributed by atoms with van der Waals surface area (Å²) in [5.41, 5.74) is 3.04. The van der Waals surface area contributed by atoms with Crippen LogP contribution >= 0.6 is 0 Å². The van der Waals surface area contributed by atoms with Gasteiger partial charge in [-0.05, 0) is 50.2 Å². The maximum atomic E-state index is 11.2. The van der Waals surface area contributed by atoms with Crippen molar-refractivity contribution in [3.63, 3.8) is 0 Å². The highest BCUT2D eigenvalue weighted by Gasteiger charge is 2.15. The van der Waals surface area contributed by atoms with Crippen LogP contribution < -0.4 is 4.74 Å². The van der Waals surface area contributed by atoms with E-state index in [0.717, 1.165) is 22.8 Å². The van der Waals surface area contributed by atoms with Gasteiger partial charge in [0, 0.05) is 11.8 Å². The van der Waals surface area contributed by atoms with Gasteiger partial charge in [-0.25, -0.2) is 9.78 Å². The zero-order valence-corrected chi connectivity index (χ0v) is 13.4. The van der Waals surface area contributed by atoms with E-state index in [2.05, 4.69) is 15.0 Å². The molecule has 0 aliphatic carbocycles. The number of aromatic carboxylic acids is 1. The molecule has 3 rings (SSSR count). The van der Waals surface area contributed by atoms with Crippen molar-refractivity contribution in [3.05, 3.63) is 54.0 Å². The van der Waals surface area contributed by atoms with E-state index in [1.807, 2.05) is 38.1 Å². The van der Waals surface area contributed by atoms with Gasteiger partial charge in [0.2, 0.25) is 0 Å². The molecule has 0 bridgehead atoms. The number of aromatic nitrogens is 3. The average Bonchev–Trinajstić information content (AvgIpc) is 2.98. The second kappa shape index (κ2) is 6.54. The fourth-order valence-electron chi connectivity index (χ4n) is 2.46. The Morgan fingerprint density at radius 1 is 1.25 bits per heavy atom. The van der Waals surface area contributed by atoms with Crippen molar-refractivity contribution >= 4 is 5.97 Å². The Labute approximate surface area is 139 Å². The molecule has 0 atom stereocenters. The maximum absolute atomic E-state index is 11.2. The molecule has 0 amide bonds. The number of carboxylic acids is 1. The molecule has 0 saturated carbocycles. The summed E-state index contributed by atoms with van der Waals surface area (Å²) in [4.78, 5) is 23.1. The molecular weight excluding hydrogens is 306 g/mol. The minimum atomic E-state index is -0.992. The third kappa shape index (κ3) is 3.12. The maximum Gasteiger partial charge on any atom is 0.335 e. The first-order valence-corrected chi connectivity index (χ1v) is 7.58. The SMILES string of the molecule is CCOc1ccc(-c2[nH]c(C)nc2-c2cc(C(=O)O)ccn2)cc1. The standard InChI is InChI=1S/C18H17N3O3/c1-3-24-14-6-4-12(5-7-14)16-17(21-11(2)20-16)15-10-13(18(22)23)8-9-19-15/h4-10H,3H2,1-2H3,(H,20,21)(H,22,23). The summed E-state index contributed by atoms with van der Waals surface area (Å²) < 4.78 is 5.46. The molecule has 6 nitrogen and oxygen atoms in total. The molecule has 122 valence electrons. The number of pyridine rings is 1. The Kier molecular flexibility index (Phi) is 4.29. The lowest BCUT2D eigenvalue weighted by molar-refractivity contribution is 0.0697. The first-order valence-electron chi connectivity index (χ1n) is 7.58. The van der Waals surface area contributed by atoms with Crippen LogP contribution in [0.3, 0.4) is 0 Å². The van der Waals surface area contributed by atoms with E-state index < -0.39 is 5.97 Å². The van der Waals surface area contributed by atoms with Crippen LogP contribution in [0.15, 0.2) is 42.6 Å². The summed E-state index contributed by atoms with van der Waals surface area (Å²) in [6.45, 7) is 4.40. The summed E-state index contributed by atoms with van der Waals surface area (Å²) in [5, 5.41) is 9.16. The van der Waals surface area contributed by atoms with Crippen LogP contribution in [0.25, 0.3) is 22.6 Å². The number of aryl methyl sites for hydroxylation is 1. The van der Waals surface area contributed by atoms with Gasteiger partial charge in [-0.1, -0.05) is 0 Å². The number of carboxylic acid groups (broad SMARTS) is 1. The fourth-order valence-corrected chi connectivity index (χ4v) is 2.46. The Morgan fingerprint density at radius 2 is 2.00 bits per heavy atom. The van der Waals surface area contributed by atoms with Gasteiger partial charge in [0.05, 0.1) is 23.6 Å². The quantitative estimate of drug-likeness (QED) is 0.749. The first-order chi connectivity index (χ1) is 11.6. The Hall–Kier alpha value is -3.15. The van der Waals surface area contributed by atoms with Crippen molar-refractivity contribution < 1.29 is 14.6 Å². The van der Waals surface area contributed by atoms with Crippen molar-refractivity contribution in [1.29, 1.82) is 0 Å². The van der Waals surface area contributed by atoms with Gasteiger partial charge in [0.1, 0.15) is 17.3 Å². The van der Waals surface area contributed by atoms with E-state index in [1.54, 1.807) is 0 Å². The largest absolute Gasteiger partial charge is 0.494 e. The van der Waals surface area contributed by atoms with Crippen LogP contribution in [0, 0.1) is 6.92 Å². The van der Waals surface area contributed by atoms with Gasteiger partial charge in [-0.15, -0.1) is 0 Å². The van der Waals surface area contributed by atoms with E-state index in [-0.39, 0.29) is 5.56 Å². The van der Waals surface area contributed by atoms with E-state index in [1.165, 1.54) is 18.3 Å². The van der Waals surface area contributed by atoms with Gasteiger partial charge < -0.3 is 14.8 Å². The van der Waals surface area contributed by atoms with Crippen LogP contribution in [0.2, 0.25) is 0 Å². The highest BCUT2D eigenvalue weighted by atomic mass is 16.5. The number of aromatic amines is 1. The zero-order chi connectivity index (χ0) is 17.1. The summed E-state index contributed by atoms with van der Waals surface area (Å²) in [6, 6.07) is 10.6. The molecule has 0 unspecified atom stereocenters. The van der Waals surface area contributed by atoms with Crippen molar-refractivity contribution in [2.24, 2.45) is 0 Å². The third-order valence-corrected chi connectivity index (χ3v) is 3.53. The van der Waals surface area contributed by atoms with E-state index >= 15 is 0 Å². The number of ether oxygens (including phenoxy) is 1. The van der Waals surface area contributed by atoms with Crippen LogP contribution in [-0.2, 0) is 0 Å². The summed E-state index contributed by atoms with van der Waals surface area (Å²) in [6.07, 6.45) is 1.48. The number of rotatable bonds is 5. The van der Waals surface area contributed by atoms with Crippen molar-refractivity contribution in [2.75, 3.05) is 6.61 Å². The third-order valence-electron chi connectivity index (χ3n) is 3.53. The van der Waals surface area contributed by atoms with Crippen LogP contribution in [0.5, 0.6) is 5.75 Å². The first kappa shape index (κ1) is 15.7. The predicted octanol–water partition coefficient (Wildman–Crippen LogP) is 3.54. The van der Waals surface area contributed by atoms with Gasteiger partial charge >= 0.3 is 5.97 Å². The lowest BCUT2D eigenvalue weighted by Gasteiger charge is -2.06. The Balaban J connectivity index is 2.05. The number of nitrogens with zero attached hydrogens (tertiary/aromatic N) is 2. The molecule has 6 heteroatoms. The number of nitrogens with one attached hydrogen (secondary N) is 1. The lowest BCUT2D eigenvalue weighted by atomic mass is 10.1. The number of imidazole rings is 1. The van der Waals surface area contributed by atoms with Crippen molar-refractivity contribution in [3.8, 4) is 28.4 Å². The van der Waals surface area contributed by atoms with Crippen LogP contribution in [0.4, 0.5) is 0 Å². The number of hydrogen-bond acceptors (Lipinski definition) is 4. The smallest absolute Gasteiger partial charge is 0.335 e. The van der Waals surface area contributed by atoms with Gasteiger partial charge in [0.15, 0.2) is 0 Å². The molecule has 0 spiro atoms. The highest BCUT2D eigenvalue weighted by molar-refractivity contribution is 5.89. The number of benzene rings is 1. The zero-order valence-electron chi connectivity index (χ0n) is 13.4.